The van der Waals surface area contributed by atoms with Crippen molar-refractivity contribution in [2.24, 2.45) is 0 Å². The molecule has 1 amide bonds. The molecule has 1 aliphatic carbocycles. The van der Waals surface area contributed by atoms with Crippen LogP contribution in [0.1, 0.15) is 12.8 Å². The SMILES string of the molecule is O=C(CNC1CC1)Nc1cnccc1Cl. The normalized spacial score (nSPS) is 15.0. The molecule has 1 saturated carbocycles. The van der Waals surface area contributed by atoms with Crippen LogP contribution in [0.3, 0.4) is 0 Å². The van der Waals surface area contributed by atoms with E-state index >= 15 is 0 Å². The zero-order chi connectivity index (χ0) is 10.7. The van der Waals surface area contributed by atoms with Crippen LogP contribution in [-0.2, 0) is 4.79 Å². The van der Waals surface area contributed by atoms with E-state index in [0.29, 0.717) is 23.3 Å². The van der Waals surface area contributed by atoms with Crippen molar-refractivity contribution in [1.82, 2.24) is 10.3 Å². The van der Waals surface area contributed by atoms with E-state index in [2.05, 4.69) is 15.6 Å². The third-order valence-electron chi connectivity index (χ3n) is 2.17. The largest absolute Gasteiger partial charge is 0.322 e. The summed E-state index contributed by atoms with van der Waals surface area (Å²) in [5.41, 5.74) is 0.557. The van der Waals surface area contributed by atoms with Crippen LogP contribution in [0.25, 0.3) is 0 Å². The van der Waals surface area contributed by atoms with Gasteiger partial charge in [0.05, 0.1) is 23.5 Å². The predicted octanol–water partition coefficient (Wildman–Crippen LogP) is 1.43. The number of pyridine rings is 1. The first kappa shape index (κ1) is 10.4. The fraction of sp³-hybridized carbons (Fsp3) is 0.400. The Morgan fingerprint density at radius 2 is 2.40 bits per heavy atom. The molecule has 0 saturated heterocycles. The summed E-state index contributed by atoms with van der Waals surface area (Å²) < 4.78 is 0. The van der Waals surface area contributed by atoms with Gasteiger partial charge in [0.2, 0.25) is 5.91 Å². The zero-order valence-corrected chi connectivity index (χ0v) is 8.92. The van der Waals surface area contributed by atoms with E-state index in [9.17, 15) is 4.79 Å². The molecule has 0 spiro atoms. The van der Waals surface area contributed by atoms with Gasteiger partial charge in [0.25, 0.3) is 0 Å². The third-order valence-corrected chi connectivity index (χ3v) is 2.50. The van der Waals surface area contributed by atoms with Gasteiger partial charge in [-0.05, 0) is 18.9 Å². The van der Waals surface area contributed by atoms with Gasteiger partial charge in [-0.2, -0.15) is 0 Å². The van der Waals surface area contributed by atoms with Crippen LogP contribution < -0.4 is 10.6 Å². The topological polar surface area (TPSA) is 54.0 Å². The number of halogens is 1. The van der Waals surface area contributed by atoms with E-state index in [-0.39, 0.29) is 5.91 Å². The van der Waals surface area contributed by atoms with Crippen molar-refractivity contribution in [3.05, 3.63) is 23.5 Å². The molecule has 1 heterocycles. The fourth-order valence-electron chi connectivity index (χ4n) is 1.19. The average molecular weight is 226 g/mol. The summed E-state index contributed by atoms with van der Waals surface area (Å²) in [6, 6.07) is 2.17. The molecule has 5 heteroatoms. The summed E-state index contributed by atoms with van der Waals surface area (Å²) in [5.74, 6) is -0.0863. The third kappa shape index (κ3) is 3.18. The molecule has 2 N–H and O–H groups in total. The van der Waals surface area contributed by atoms with Crippen LogP contribution in [0.5, 0.6) is 0 Å². The highest BCUT2D eigenvalue weighted by molar-refractivity contribution is 6.33. The van der Waals surface area contributed by atoms with Gasteiger partial charge in [0.15, 0.2) is 0 Å². The van der Waals surface area contributed by atoms with Gasteiger partial charge in [-0.25, -0.2) is 0 Å². The Morgan fingerprint density at radius 3 is 3.07 bits per heavy atom. The molecule has 0 aromatic carbocycles. The summed E-state index contributed by atoms with van der Waals surface area (Å²) in [7, 11) is 0. The summed E-state index contributed by atoms with van der Waals surface area (Å²) in [6.45, 7) is 0.329. The van der Waals surface area contributed by atoms with Gasteiger partial charge in [-0.15, -0.1) is 0 Å². The van der Waals surface area contributed by atoms with Crippen molar-refractivity contribution in [1.29, 1.82) is 0 Å². The lowest BCUT2D eigenvalue weighted by Crippen LogP contribution is -2.29. The standard InChI is InChI=1S/C10H12ClN3O/c11-8-3-4-12-5-9(8)14-10(15)6-13-7-1-2-7/h3-5,7,13H,1-2,6H2,(H,14,15). The molecule has 0 aliphatic heterocycles. The second-order valence-electron chi connectivity index (χ2n) is 3.56. The number of aromatic nitrogens is 1. The number of hydrogen-bond acceptors (Lipinski definition) is 3. The minimum atomic E-state index is -0.0863. The summed E-state index contributed by atoms with van der Waals surface area (Å²) in [6.07, 6.45) is 5.46. The minimum Gasteiger partial charge on any atom is -0.322 e. The lowest BCUT2D eigenvalue weighted by atomic mass is 10.4. The van der Waals surface area contributed by atoms with E-state index in [4.69, 9.17) is 11.6 Å². The van der Waals surface area contributed by atoms with Crippen LogP contribution in [-0.4, -0.2) is 23.5 Å². The quantitative estimate of drug-likeness (QED) is 0.815. The van der Waals surface area contributed by atoms with Crippen LogP contribution in [0, 0.1) is 0 Å². The molecular formula is C10H12ClN3O. The van der Waals surface area contributed by atoms with E-state index in [1.165, 1.54) is 19.0 Å². The molecule has 1 aromatic rings. The maximum absolute atomic E-state index is 11.4. The molecule has 2 rings (SSSR count). The number of nitrogens with one attached hydrogen (secondary N) is 2. The Balaban J connectivity index is 1.84. The lowest BCUT2D eigenvalue weighted by Gasteiger charge is -2.06. The van der Waals surface area contributed by atoms with E-state index in [1.54, 1.807) is 12.3 Å². The average Bonchev–Trinajstić information content (AvgIpc) is 3.02. The molecule has 1 aromatic heterocycles. The highest BCUT2D eigenvalue weighted by atomic mass is 35.5. The Labute approximate surface area is 93.0 Å². The Hall–Kier alpha value is -1.13. The summed E-state index contributed by atoms with van der Waals surface area (Å²) in [5, 5.41) is 6.32. The Kier molecular flexibility index (Phi) is 3.18. The number of hydrogen-bond donors (Lipinski definition) is 2. The number of rotatable bonds is 4. The van der Waals surface area contributed by atoms with Gasteiger partial charge < -0.3 is 10.6 Å². The van der Waals surface area contributed by atoms with E-state index in [1.807, 2.05) is 0 Å². The molecule has 1 aliphatic rings. The van der Waals surface area contributed by atoms with Gasteiger partial charge in [-0.3, -0.25) is 9.78 Å². The molecule has 0 radical (unpaired) electrons. The van der Waals surface area contributed by atoms with Crippen LogP contribution in [0.15, 0.2) is 18.5 Å². The molecule has 0 unspecified atom stereocenters. The smallest absolute Gasteiger partial charge is 0.238 e. The molecular weight excluding hydrogens is 214 g/mol. The van der Waals surface area contributed by atoms with Gasteiger partial charge in [0, 0.05) is 12.2 Å². The highest BCUT2D eigenvalue weighted by Crippen LogP contribution is 2.20. The lowest BCUT2D eigenvalue weighted by molar-refractivity contribution is -0.115. The molecule has 4 nitrogen and oxygen atoms in total. The Morgan fingerprint density at radius 1 is 1.60 bits per heavy atom. The number of anilines is 1. The highest BCUT2D eigenvalue weighted by Gasteiger charge is 2.21. The van der Waals surface area contributed by atoms with Crippen LogP contribution >= 0.6 is 11.6 Å². The van der Waals surface area contributed by atoms with Crippen molar-refractivity contribution in [2.45, 2.75) is 18.9 Å². The van der Waals surface area contributed by atoms with Crippen molar-refractivity contribution in [3.8, 4) is 0 Å². The summed E-state index contributed by atoms with van der Waals surface area (Å²) in [4.78, 5) is 15.3. The number of amides is 1. The van der Waals surface area contributed by atoms with Crippen molar-refractivity contribution >= 4 is 23.2 Å². The first-order valence-corrected chi connectivity index (χ1v) is 5.26. The monoisotopic (exact) mass is 225 g/mol. The van der Waals surface area contributed by atoms with Gasteiger partial charge in [-0.1, -0.05) is 11.6 Å². The number of carbonyl (C=O) groups excluding carboxylic acids is 1. The van der Waals surface area contributed by atoms with E-state index in [0.717, 1.165) is 0 Å². The Bertz CT molecular complexity index is 365. The van der Waals surface area contributed by atoms with Gasteiger partial charge in [0.1, 0.15) is 0 Å². The first-order valence-electron chi connectivity index (χ1n) is 4.88. The van der Waals surface area contributed by atoms with Crippen molar-refractivity contribution in [3.63, 3.8) is 0 Å². The van der Waals surface area contributed by atoms with Crippen molar-refractivity contribution in [2.75, 3.05) is 11.9 Å². The van der Waals surface area contributed by atoms with E-state index < -0.39 is 0 Å². The molecule has 0 bridgehead atoms. The number of nitrogens with zero attached hydrogens (tertiary/aromatic N) is 1. The molecule has 0 atom stereocenters. The van der Waals surface area contributed by atoms with Crippen molar-refractivity contribution < 1.29 is 4.79 Å². The predicted molar refractivity (Wildman–Crippen MR) is 58.9 cm³/mol. The maximum Gasteiger partial charge on any atom is 0.238 e. The molecule has 15 heavy (non-hydrogen) atoms. The van der Waals surface area contributed by atoms with Gasteiger partial charge >= 0.3 is 0 Å². The van der Waals surface area contributed by atoms with Crippen LogP contribution in [0.2, 0.25) is 5.02 Å². The second-order valence-corrected chi connectivity index (χ2v) is 3.97. The molecule has 80 valence electrons. The zero-order valence-electron chi connectivity index (χ0n) is 8.16. The van der Waals surface area contributed by atoms with Crippen LogP contribution in [0.4, 0.5) is 5.69 Å². The first-order chi connectivity index (χ1) is 7.25. The number of carbonyl (C=O) groups is 1. The maximum atomic E-state index is 11.4. The minimum absolute atomic E-state index is 0.0863. The second kappa shape index (κ2) is 4.59. The summed E-state index contributed by atoms with van der Waals surface area (Å²) >= 11 is 5.87. The fourth-order valence-corrected chi connectivity index (χ4v) is 1.34. The molecule has 1 fully saturated rings.